The molecule has 1 N–H and O–H groups in total. The van der Waals surface area contributed by atoms with Crippen LogP contribution in [-0.2, 0) is 11.3 Å². The van der Waals surface area contributed by atoms with E-state index in [1.54, 1.807) is 0 Å². The zero-order chi connectivity index (χ0) is 13.9. The molecule has 0 atom stereocenters. The van der Waals surface area contributed by atoms with Crippen molar-refractivity contribution >= 4 is 5.97 Å². The van der Waals surface area contributed by atoms with Gasteiger partial charge in [-0.15, -0.1) is 0 Å². The maximum absolute atomic E-state index is 10.5. The number of carboxylic acid groups (broad SMARTS) is 1. The Kier molecular flexibility index (Phi) is 3.98. The van der Waals surface area contributed by atoms with Crippen LogP contribution in [0.1, 0.15) is 36.9 Å². The lowest BCUT2D eigenvalue weighted by molar-refractivity contribution is -0.137. The third kappa shape index (κ3) is 3.55. The van der Waals surface area contributed by atoms with Crippen LogP contribution in [0.25, 0.3) is 0 Å². The van der Waals surface area contributed by atoms with E-state index < -0.39 is 5.97 Å². The first kappa shape index (κ1) is 13.5. The normalized spacial score (nSPS) is 21.2. The number of piperazine rings is 1. The van der Waals surface area contributed by atoms with Gasteiger partial charge in [0.1, 0.15) is 0 Å². The van der Waals surface area contributed by atoms with Gasteiger partial charge in [-0.25, -0.2) is 0 Å². The zero-order valence-electron chi connectivity index (χ0n) is 11.5. The highest BCUT2D eigenvalue weighted by atomic mass is 16.5. The van der Waals surface area contributed by atoms with Crippen LogP contribution in [0, 0.1) is 0 Å². The van der Waals surface area contributed by atoms with Crippen LogP contribution in [0.2, 0.25) is 0 Å². The van der Waals surface area contributed by atoms with E-state index in [0.29, 0.717) is 24.9 Å². The lowest BCUT2D eigenvalue weighted by Gasteiger charge is -2.33. The lowest BCUT2D eigenvalue weighted by Crippen LogP contribution is -2.46. The molecule has 0 unspecified atom stereocenters. The number of hydrogen-bond acceptors (Lipinski definition) is 6. The van der Waals surface area contributed by atoms with Crippen molar-refractivity contribution in [3.8, 4) is 0 Å². The Balaban J connectivity index is 1.42. The predicted octanol–water partition coefficient (Wildman–Crippen LogP) is 0.539. The molecule has 0 radical (unpaired) electrons. The summed E-state index contributed by atoms with van der Waals surface area (Å²) < 4.78 is 5.28. The van der Waals surface area contributed by atoms with Crippen LogP contribution >= 0.6 is 0 Å². The van der Waals surface area contributed by atoms with Crippen LogP contribution in [0.3, 0.4) is 0 Å². The highest BCUT2D eigenvalue weighted by Gasteiger charge is 2.29. The molecule has 0 amide bonds. The first-order chi connectivity index (χ1) is 9.70. The van der Waals surface area contributed by atoms with Gasteiger partial charge in [-0.2, -0.15) is 4.98 Å². The minimum absolute atomic E-state index is 0.217. The van der Waals surface area contributed by atoms with Gasteiger partial charge >= 0.3 is 5.97 Å². The summed E-state index contributed by atoms with van der Waals surface area (Å²) in [5.74, 6) is 1.36. The maximum Gasteiger partial charge on any atom is 0.304 e. The van der Waals surface area contributed by atoms with Crippen LogP contribution in [0.5, 0.6) is 0 Å². The van der Waals surface area contributed by atoms with Crippen LogP contribution in [-0.4, -0.2) is 63.7 Å². The standard InChI is InChI=1S/C13H20N4O3/c18-12(19)3-4-16-5-7-17(8-6-16)9-11-14-13(15-20-11)10-1-2-10/h10H,1-9H2,(H,18,19). The minimum atomic E-state index is -0.731. The lowest BCUT2D eigenvalue weighted by atomic mass is 10.3. The average Bonchev–Trinajstić information content (AvgIpc) is 3.19. The smallest absolute Gasteiger partial charge is 0.304 e. The van der Waals surface area contributed by atoms with Crippen molar-refractivity contribution in [2.24, 2.45) is 0 Å². The van der Waals surface area contributed by atoms with Crippen molar-refractivity contribution in [1.29, 1.82) is 0 Å². The Hall–Kier alpha value is -1.47. The van der Waals surface area contributed by atoms with Crippen LogP contribution < -0.4 is 0 Å². The van der Waals surface area contributed by atoms with Crippen molar-refractivity contribution in [2.75, 3.05) is 32.7 Å². The SMILES string of the molecule is O=C(O)CCN1CCN(Cc2nc(C3CC3)no2)CC1. The minimum Gasteiger partial charge on any atom is -0.481 e. The molecule has 110 valence electrons. The first-order valence-corrected chi connectivity index (χ1v) is 7.19. The molecule has 1 aliphatic heterocycles. The van der Waals surface area contributed by atoms with Gasteiger partial charge in [0.25, 0.3) is 0 Å². The number of hydrogen-bond donors (Lipinski definition) is 1. The molecule has 1 aromatic heterocycles. The molecule has 20 heavy (non-hydrogen) atoms. The van der Waals surface area contributed by atoms with Crippen molar-refractivity contribution in [3.63, 3.8) is 0 Å². The Labute approximate surface area is 117 Å². The molecule has 7 heteroatoms. The van der Waals surface area contributed by atoms with Crippen LogP contribution in [0.15, 0.2) is 4.52 Å². The molecule has 1 aliphatic carbocycles. The number of carbonyl (C=O) groups is 1. The van der Waals surface area contributed by atoms with E-state index in [1.807, 2.05) is 0 Å². The molecule has 0 bridgehead atoms. The Bertz CT molecular complexity index is 464. The highest BCUT2D eigenvalue weighted by Crippen LogP contribution is 2.38. The molecular weight excluding hydrogens is 260 g/mol. The van der Waals surface area contributed by atoms with Gasteiger partial charge < -0.3 is 14.5 Å². The quantitative estimate of drug-likeness (QED) is 0.814. The van der Waals surface area contributed by atoms with Gasteiger partial charge in [-0.05, 0) is 12.8 Å². The number of aromatic nitrogens is 2. The second-order valence-electron chi connectivity index (χ2n) is 5.58. The number of rotatable bonds is 6. The van der Waals surface area contributed by atoms with Gasteiger partial charge in [0.15, 0.2) is 5.82 Å². The summed E-state index contributed by atoms with van der Waals surface area (Å²) in [5, 5.41) is 12.7. The summed E-state index contributed by atoms with van der Waals surface area (Å²) in [4.78, 5) is 19.4. The van der Waals surface area contributed by atoms with Crippen molar-refractivity contribution in [3.05, 3.63) is 11.7 Å². The molecule has 2 fully saturated rings. The van der Waals surface area contributed by atoms with E-state index in [0.717, 1.165) is 32.0 Å². The van der Waals surface area contributed by atoms with Gasteiger partial charge in [0, 0.05) is 38.6 Å². The Morgan fingerprint density at radius 2 is 1.95 bits per heavy atom. The Morgan fingerprint density at radius 1 is 1.25 bits per heavy atom. The third-order valence-electron chi connectivity index (χ3n) is 3.89. The van der Waals surface area contributed by atoms with E-state index in [1.165, 1.54) is 12.8 Å². The molecule has 0 spiro atoms. The molecule has 1 aromatic rings. The van der Waals surface area contributed by atoms with Gasteiger partial charge in [-0.3, -0.25) is 9.69 Å². The van der Waals surface area contributed by atoms with E-state index in [4.69, 9.17) is 9.63 Å². The molecule has 1 saturated heterocycles. The van der Waals surface area contributed by atoms with E-state index >= 15 is 0 Å². The monoisotopic (exact) mass is 280 g/mol. The van der Waals surface area contributed by atoms with Gasteiger partial charge in [-0.1, -0.05) is 5.16 Å². The van der Waals surface area contributed by atoms with Crippen molar-refractivity contribution in [2.45, 2.75) is 31.7 Å². The maximum atomic E-state index is 10.5. The summed E-state index contributed by atoms with van der Waals surface area (Å²) in [5.41, 5.74) is 0. The largest absolute Gasteiger partial charge is 0.481 e. The Morgan fingerprint density at radius 3 is 2.60 bits per heavy atom. The summed E-state index contributed by atoms with van der Waals surface area (Å²) in [6.07, 6.45) is 2.58. The fourth-order valence-corrected chi connectivity index (χ4v) is 2.46. The van der Waals surface area contributed by atoms with E-state index in [-0.39, 0.29) is 6.42 Å². The average molecular weight is 280 g/mol. The highest BCUT2D eigenvalue weighted by molar-refractivity contribution is 5.66. The molecule has 3 rings (SSSR count). The van der Waals surface area contributed by atoms with Gasteiger partial charge in [0.2, 0.25) is 5.89 Å². The molecule has 0 aromatic carbocycles. The first-order valence-electron chi connectivity index (χ1n) is 7.19. The van der Waals surface area contributed by atoms with E-state index in [9.17, 15) is 4.79 Å². The van der Waals surface area contributed by atoms with Crippen molar-refractivity contribution < 1.29 is 14.4 Å². The summed E-state index contributed by atoms with van der Waals surface area (Å²) in [6, 6.07) is 0. The number of nitrogens with zero attached hydrogens (tertiary/aromatic N) is 4. The molecular formula is C13H20N4O3. The zero-order valence-corrected chi connectivity index (χ0v) is 11.5. The summed E-state index contributed by atoms with van der Waals surface area (Å²) in [7, 11) is 0. The fraction of sp³-hybridized carbons (Fsp3) is 0.769. The third-order valence-corrected chi connectivity index (χ3v) is 3.89. The molecule has 1 saturated carbocycles. The molecule has 2 aliphatic rings. The number of carboxylic acids is 1. The fourth-order valence-electron chi connectivity index (χ4n) is 2.46. The molecule has 7 nitrogen and oxygen atoms in total. The van der Waals surface area contributed by atoms with E-state index in [2.05, 4.69) is 19.9 Å². The van der Waals surface area contributed by atoms with Gasteiger partial charge in [0.05, 0.1) is 13.0 Å². The summed E-state index contributed by atoms with van der Waals surface area (Å²) in [6.45, 7) is 4.97. The predicted molar refractivity (Wildman–Crippen MR) is 70.2 cm³/mol. The topological polar surface area (TPSA) is 82.7 Å². The number of aliphatic carboxylic acids is 1. The second-order valence-corrected chi connectivity index (χ2v) is 5.58. The summed E-state index contributed by atoms with van der Waals surface area (Å²) >= 11 is 0. The molecule has 2 heterocycles. The van der Waals surface area contributed by atoms with Crippen LogP contribution in [0.4, 0.5) is 0 Å². The second kappa shape index (κ2) is 5.88. The van der Waals surface area contributed by atoms with Crippen molar-refractivity contribution in [1.82, 2.24) is 19.9 Å².